The van der Waals surface area contributed by atoms with Crippen molar-refractivity contribution in [2.24, 2.45) is 11.3 Å². The number of amides is 2. The van der Waals surface area contributed by atoms with E-state index in [1.807, 2.05) is 6.92 Å². The lowest BCUT2D eigenvalue weighted by Crippen LogP contribution is -2.42. The fraction of sp³-hybridized carbons (Fsp3) is 0.846. The molecule has 0 bridgehead atoms. The average Bonchev–Trinajstić information content (AvgIpc) is 2.30. The van der Waals surface area contributed by atoms with Crippen LogP contribution in [-0.2, 0) is 9.59 Å². The van der Waals surface area contributed by atoms with Crippen molar-refractivity contribution >= 4 is 11.8 Å². The largest absolute Gasteiger partial charge is 0.396 e. The number of hydrogen-bond acceptors (Lipinski definition) is 3. The van der Waals surface area contributed by atoms with Gasteiger partial charge in [0, 0.05) is 18.6 Å². The molecule has 18 heavy (non-hydrogen) atoms. The second kappa shape index (κ2) is 8.08. The summed E-state index contributed by atoms with van der Waals surface area (Å²) in [6.07, 6.45) is 1.60. The van der Waals surface area contributed by atoms with Crippen LogP contribution in [0.4, 0.5) is 0 Å². The van der Waals surface area contributed by atoms with Gasteiger partial charge < -0.3 is 15.7 Å². The molecule has 0 fully saturated rings. The molecular weight excluding hydrogens is 232 g/mol. The molecule has 0 rings (SSSR count). The Morgan fingerprint density at radius 1 is 1.22 bits per heavy atom. The lowest BCUT2D eigenvalue weighted by molar-refractivity contribution is -0.131. The Morgan fingerprint density at radius 3 is 2.28 bits per heavy atom. The molecule has 0 aliphatic rings. The standard InChI is InChI=1S/C13H26N2O3/c1-5-10(6-7-16)8-14-11(17)9-15-12(18)13(2,3)4/h10,16H,5-9H2,1-4H3,(H,14,17)(H,15,18). The Hall–Kier alpha value is -1.10. The van der Waals surface area contributed by atoms with E-state index in [4.69, 9.17) is 5.11 Å². The SMILES string of the molecule is CCC(CCO)CNC(=O)CNC(=O)C(C)(C)C. The minimum absolute atomic E-state index is 0.00562. The number of nitrogens with one attached hydrogen (secondary N) is 2. The molecule has 0 aliphatic heterocycles. The Kier molecular flexibility index (Phi) is 7.59. The molecule has 0 heterocycles. The van der Waals surface area contributed by atoms with Crippen LogP contribution in [0.1, 0.15) is 40.5 Å². The summed E-state index contributed by atoms with van der Waals surface area (Å²) in [5.74, 6) is -0.0405. The van der Waals surface area contributed by atoms with Gasteiger partial charge in [0.2, 0.25) is 11.8 Å². The molecule has 0 spiro atoms. The fourth-order valence-electron chi connectivity index (χ4n) is 1.38. The summed E-state index contributed by atoms with van der Waals surface area (Å²) in [6, 6.07) is 0. The molecule has 2 amide bonds. The first-order chi connectivity index (χ1) is 8.31. The van der Waals surface area contributed by atoms with E-state index < -0.39 is 5.41 Å². The van der Waals surface area contributed by atoms with Crippen LogP contribution in [0.5, 0.6) is 0 Å². The van der Waals surface area contributed by atoms with E-state index in [1.165, 1.54) is 0 Å². The zero-order chi connectivity index (χ0) is 14.2. The van der Waals surface area contributed by atoms with Gasteiger partial charge in [-0.25, -0.2) is 0 Å². The Morgan fingerprint density at radius 2 is 1.83 bits per heavy atom. The highest BCUT2D eigenvalue weighted by atomic mass is 16.3. The fourth-order valence-corrected chi connectivity index (χ4v) is 1.38. The predicted octanol–water partition coefficient (Wildman–Crippen LogP) is 0.673. The molecule has 5 heteroatoms. The van der Waals surface area contributed by atoms with Gasteiger partial charge in [0.1, 0.15) is 0 Å². The van der Waals surface area contributed by atoms with E-state index in [9.17, 15) is 9.59 Å². The molecule has 0 saturated carbocycles. The third-order valence-corrected chi connectivity index (χ3v) is 2.79. The Labute approximate surface area is 109 Å². The van der Waals surface area contributed by atoms with Crippen molar-refractivity contribution < 1.29 is 14.7 Å². The topological polar surface area (TPSA) is 78.4 Å². The third-order valence-electron chi connectivity index (χ3n) is 2.79. The van der Waals surface area contributed by atoms with Gasteiger partial charge in [-0.3, -0.25) is 9.59 Å². The van der Waals surface area contributed by atoms with E-state index in [1.54, 1.807) is 20.8 Å². The quantitative estimate of drug-likeness (QED) is 0.628. The lowest BCUT2D eigenvalue weighted by atomic mass is 9.96. The van der Waals surface area contributed by atoms with Crippen LogP contribution < -0.4 is 10.6 Å². The van der Waals surface area contributed by atoms with E-state index in [0.29, 0.717) is 13.0 Å². The van der Waals surface area contributed by atoms with Crippen LogP contribution in [0.25, 0.3) is 0 Å². The maximum atomic E-state index is 11.5. The van der Waals surface area contributed by atoms with Gasteiger partial charge in [-0.2, -0.15) is 0 Å². The van der Waals surface area contributed by atoms with Crippen LogP contribution in [-0.4, -0.2) is 36.6 Å². The summed E-state index contributed by atoms with van der Waals surface area (Å²) in [4.78, 5) is 23.1. The van der Waals surface area contributed by atoms with Crippen LogP contribution in [0.15, 0.2) is 0 Å². The molecule has 1 unspecified atom stereocenters. The van der Waals surface area contributed by atoms with Crippen molar-refractivity contribution in [3.05, 3.63) is 0 Å². The molecule has 106 valence electrons. The number of hydrogen-bond donors (Lipinski definition) is 3. The Bertz CT molecular complexity index is 272. The maximum Gasteiger partial charge on any atom is 0.239 e. The van der Waals surface area contributed by atoms with Crippen molar-refractivity contribution in [2.75, 3.05) is 19.7 Å². The molecule has 0 aliphatic carbocycles. The van der Waals surface area contributed by atoms with Crippen LogP contribution in [0.2, 0.25) is 0 Å². The second-order valence-electron chi connectivity index (χ2n) is 5.52. The number of aliphatic hydroxyl groups is 1. The molecule has 0 saturated heterocycles. The third kappa shape index (κ3) is 7.27. The Balaban J connectivity index is 3.88. The predicted molar refractivity (Wildman–Crippen MR) is 71.0 cm³/mol. The average molecular weight is 258 g/mol. The van der Waals surface area contributed by atoms with Gasteiger partial charge in [0.25, 0.3) is 0 Å². The molecule has 5 nitrogen and oxygen atoms in total. The molecule has 0 aromatic heterocycles. The molecule has 0 aromatic carbocycles. The number of rotatable bonds is 7. The van der Waals surface area contributed by atoms with Gasteiger partial charge in [-0.1, -0.05) is 34.1 Å². The monoisotopic (exact) mass is 258 g/mol. The van der Waals surface area contributed by atoms with Crippen LogP contribution in [0.3, 0.4) is 0 Å². The zero-order valence-corrected chi connectivity index (χ0v) is 11.9. The van der Waals surface area contributed by atoms with Crippen LogP contribution >= 0.6 is 0 Å². The smallest absolute Gasteiger partial charge is 0.239 e. The van der Waals surface area contributed by atoms with Gasteiger partial charge in [0.05, 0.1) is 6.54 Å². The summed E-state index contributed by atoms with van der Waals surface area (Å²) in [7, 11) is 0. The maximum absolute atomic E-state index is 11.5. The normalized spacial score (nSPS) is 12.9. The van der Waals surface area contributed by atoms with Gasteiger partial charge in [-0.05, 0) is 12.3 Å². The zero-order valence-electron chi connectivity index (χ0n) is 11.9. The van der Waals surface area contributed by atoms with E-state index >= 15 is 0 Å². The summed E-state index contributed by atoms with van der Waals surface area (Å²) in [5, 5.41) is 14.2. The van der Waals surface area contributed by atoms with E-state index in [2.05, 4.69) is 10.6 Å². The lowest BCUT2D eigenvalue weighted by Gasteiger charge is -2.18. The van der Waals surface area contributed by atoms with Crippen molar-refractivity contribution in [3.8, 4) is 0 Å². The first kappa shape index (κ1) is 16.9. The molecular formula is C13H26N2O3. The molecule has 3 N–H and O–H groups in total. The van der Waals surface area contributed by atoms with Crippen molar-refractivity contribution in [3.63, 3.8) is 0 Å². The summed E-state index contributed by atoms with van der Waals surface area (Å²) < 4.78 is 0. The van der Waals surface area contributed by atoms with E-state index in [-0.39, 0.29) is 30.9 Å². The number of carbonyl (C=O) groups excluding carboxylic acids is 2. The first-order valence-corrected chi connectivity index (χ1v) is 6.47. The first-order valence-electron chi connectivity index (χ1n) is 6.47. The summed E-state index contributed by atoms with van der Waals surface area (Å²) in [6.45, 7) is 8.10. The molecule has 0 radical (unpaired) electrons. The highest BCUT2D eigenvalue weighted by Gasteiger charge is 2.21. The number of carbonyl (C=O) groups is 2. The summed E-state index contributed by atoms with van der Waals surface area (Å²) in [5.41, 5.74) is -0.483. The highest BCUT2D eigenvalue weighted by Crippen LogP contribution is 2.11. The van der Waals surface area contributed by atoms with Gasteiger partial charge >= 0.3 is 0 Å². The van der Waals surface area contributed by atoms with Crippen molar-refractivity contribution in [1.82, 2.24) is 10.6 Å². The molecule has 0 aromatic rings. The second-order valence-corrected chi connectivity index (χ2v) is 5.52. The van der Waals surface area contributed by atoms with E-state index in [0.717, 1.165) is 6.42 Å². The number of aliphatic hydroxyl groups excluding tert-OH is 1. The van der Waals surface area contributed by atoms with Crippen LogP contribution in [0, 0.1) is 11.3 Å². The summed E-state index contributed by atoms with van der Waals surface area (Å²) >= 11 is 0. The molecule has 1 atom stereocenters. The van der Waals surface area contributed by atoms with Gasteiger partial charge in [-0.15, -0.1) is 0 Å². The van der Waals surface area contributed by atoms with Crippen molar-refractivity contribution in [1.29, 1.82) is 0 Å². The van der Waals surface area contributed by atoms with Crippen molar-refractivity contribution in [2.45, 2.75) is 40.5 Å². The minimum Gasteiger partial charge on any atom is -0.396 e. The van der Waals surface area contributed by atoms with Gasteiger partial charge in [0.15, 0.2) is 0 Å². The minimum atomic E-state index is -0.483. The highest BCUT2D eigenvalue weighted by molar-refractivity contribution is 5.87.